The topological polar surface area (TPSA) is 71.5 Å². The molecule has 2 amide bonds. The standard InChI is InChI=1S/C27H20ClN3O3S/c1-34-23-15-19(28)10-13-21(23)25(32)30-20-11-8-17(9-12-20)27(33)31-16-18-5-2-3-7-24(18)35-26-22(31)6-4-14-29-26/h2-15H,16H2,1H3,(H,30,32). The second-order valence-corrected chi connectivity index (χ2v) is 9.27. The maximum Gasteiger partial charge on any atom is 0.259 e. The molecule has 6 nitrogen and oxygen atoms in total. The Morgan fingerprint density at radius 1 is 1.03 bits per heavy atom. The fourth-order valence-electron chi connectivity index (χ4n) is 3.84. The lowest BCUT2D eigenvalue weighted by Gasteiger charge is -2.22. The van der Waals surface area contributed by atoms with Gasteiger partial charge in [-0.3, -0.25) is 9.59 Å². The Balaban J connectivity index is 1.39. The zero-order chi connectivity index (χ0) is 24.4. The van der Waals surface area contributed by atoms with Crippen molar-refractivity contribution in [2.75, 3.05) is 17.3 Å². The molecule has 2 heterocycles. The molecule has 1 aromatic heterocycles. The number of hydrogen-bond donors (Lipinski definition) is 1. The summed E-state index contributed by atoms with van der Waals surface area (Å²) in [5.74, 6) is -0.0964. The van der Waals surface area contributed by atoms with Crippen LogP contribution >= 0.6 is 23.4 Å². The van der Waals surface area contributed by atoms with Crippen LogP contribution in [-0.4, -0.2) is 23.9 Å². The largest absolute Gasteiger partial charge is 0.496 e. The van der Waals surface area contributed by atoms with E-state index in [2.05, 4.69) is 10.3 Å². The number of rotatable bonds is 4. The van der Waals surface area contributed by atoms with Crippen LogP contribution < -0.4 is 15.0 Å². The molecule has 0 unspecified atom stereocenters. The Bertz CT molecular complexity index is 1430. The van der Waals surface area contributed by atoms with E-state index in [0.29, 0.717) is 34.1 Å². The van der Waals surface area contributed by atoms with Gasteiger partial charge in [-0.25, -0.2) is 4.98 Å². The molecule has 0 bridgehead atoms. The van der Waals surface area contributed by atoms with Crippen molar-refractivity contribution in [1.82, 2.24) is 4.98 Å². The minimum absolute atomic E-state index is 0.145. The molecule has 1 aliphatic heterocycles. The molecular weight excluding hydrogens is 482 g/mol. The van der Waals surface area contributed by atoms with E-state index in [9.17, 15) is 9.59 Å². The molecule has 1 aliphatic rings. The van der Waals surface area contributed by atoms with Crippen LogP contribution in [0.25, 0.3) is 0 Å². The molecule has 174 valence electrons. The van der Waals surface area contributed by atoms with Crippen molar-refractivity contribution in [2.24, 2.45) is 0 Å². The van der Waals surface area contributed by atoms with Gasteiger partial charge in [-0.2, -0.15) is 0 Å². The van der Waals surface area contributed by atoms with E-state index in [1.54, 1.807) is 65.3 Å². The van der Waals surface area contributed by atoms with Crippen molar-refractivity contribution in [3.8, 4) is 5.75 Å². The van der Waals surface area contributed by atoms with E-state index in [0.717, 1.165) is 21.2 Å². The zero-order valence-corrected chi connectivity index (χ0v) is 20.3. The van der Waals surface area contributed by atoms with E-state index in [1.165, 1.54) is 7.11 Å². The van der Waals surface area contributed by atoms with E-state index >= 15 is 0 Å². The maximum atomic E-state index is 13.6. The van der Waals surface area contributed by atoms with Crippen molar-refractivity contribution < 1.29 is 14.3 Å². The normalized spacial score (nSPS) is 12.2. The Kier molecular flexibility index (Phi) is 6.44. The second-order valence-electron chi connectivity index (χ2n) is 7.80. The van der Waals surface area contributed by atoms with Crippen molar-refractivity contribution in [1.29, 1.82) is 0 Å². The lowest BCUT2D eigenvalue weighted by Crippen LogP contribution is -2.30. The summed E-state index contributed by atoms with van der Waals surface area (Å²) < 4.78 is 5.26. The summed E-state index contributed by atoms with van der Waals surface area (Å²) in [6.07, 6.45) is 1.73. The minimum atomic E-state index is -0.334. The summed E-state index contributed by atoms with van der Waals surface area (Å²) in [6, 6.07) is 23.4. The first-order chi connectivity index (χ1) is 17.0. The quantitative estimate of drug-likeness (QED) is 0.355. The maximum absolute atomic E-state index is 13.6. The Morgan fingerprint density at radius 3 is 2.63 bits per heavy atom. The first-order valence-electron chi connectivity index (χ1n) is 10.8. The smallest absolute Gasteiger partial charge is 0.259 e. The summed E-state index contributed by atoms with van der Waals surface area (Å²) in [5, 5.41) is 4.10. The van der Waals surface area contributed by atoms with Gasteiger partial charge < -0.3 is 15.0 Å². The summed E-state index contributed by atoms with van der Waals surface area (Å²) in [7, 11) is 1.48. The number of pyridine rings is 1. The van der Waals surface area contributed by atoms with Crippen LogP contribution in [0.3, 0.4) is 0 Å². The lowest BCUT2D eigenvalue weighted by atomic mass is 10.1. The number of nitrogens with one attached hydrogen (secondary N) is 1. The van der Waals surface area contributed by atoms with E-state index < -0.39 is 0 Å². The van der Waals surface area contributed by atoms with Crippen LogP contribution in [0.15, 0.2) is 95.0 Å². The average molecular weight is 502 g/mol. The van der Waals surface area contributed by atoms with Gasteiger partial charge in [0.25, 0.3) is 11.8 Å². The number of carbonyl (C=O) groups is 2. The molecule has 0 saturated heterocycles. The van der Waals surface area contributed by atoms with E-state index in [1.807, 2.05) is 36.4 Å². The molecular formula is C27H20ClN3O3S. The van der Waals surface area contributed by atoms with Crippen LogP contribution in [0.2, 0.25) is 5.02 Å². The van der Waals surface area contributed by atoms with Gasteiger partial charge in [-0.15, -0.1) is 0 Å². The zero-order valence-electron chi connectivity index (χ0n) is 18.7. The molecule has 3 aromatic carbocycles. The van der Waals surface area contributed by atoms with Gasteiger partial charge in [-0.1, -0.05) is 41.6 Å². The predicted molar refractivity (Wildman–Crippen MR) is 138 cm³/mol. The Hall–Kier alpha value is -3.81. The van der Waals surface area contributed by atoms with E-state index in [4.69, 9.17) is 16.3 Å². The van der Waals surface area contributed by atoms with E-state index in [-0.39, 0.29) is 11.8 Å². The third-order valence-electron chi connectivity index (χ3n) is 5.59. The van der Waals surface area contributed by atoms with Gasteiger partial charge >= 0.3 is 0 Å². The second kappa shape index (κ2) is 9.82. The monoisotopic (exact) mass is 501 g/mol. The third-order valence-corrected chi connectivity index (χ3v) is 6.95. The first kappa shape index (κ1) is 23.0. The first-order valence-corrected chi connectivity index (χ1v) is 12.0. The van der Waals surface area contributed by atoms with Crippen LogP contribution in [-0.2, 0) is 6.54 Å². The molecule has 0 radical (unpaired) electrons. The number of nitrogens with zero attached hydrogens (tertiary/aromatic N) is 2. The van der Waals surface area contributed by atoms with Gasteiger partial charge in [0.1, 0.15) is 10.8 Å². The van der Waals surface area contributed by atoms with Crippen LogP contribution in [0, 0.1) is 0 Å². The number of benzene rings is 3. The third kappa shape index (κ3) is 4.73. The molecule has 0 atom stereocenters. The average Bonchev–Trinajstić information content (AvgIpc) is 3.05. The highest BCUT2D eigenvalue weighted by Crippen LogP contribution is 2.40. The molecule has 0 aliphatic carbocycles. The molecule has 8 heteroatoms. The molecule has 0 saturated carbocycles. The number of methoxy groups -OCH3 is 1. The van der Waals surface area contributed by atoms with Crippen LogP contribution in [0.1, 0.15) is 26.3 Å². The molecule has 1 N–H and O–H groups in total. The van der Waals surface area contributed by atoms with Crippen molar-refractivity contribution >= 4 is 46.6 Å². The molecule has 5 rings (SSSR count). The van der Waals surface area contributed by atoms with Crippen LogP contribution in [0.5, 0.6) is 5.75 Å². The van der Waals surface area contributed by atoms with Crippen molar-refractivity contribution in [2.45, 2.75) is 16.5 Å². The number of hydrogen-bond acceptors (Lipinski definition) is 5. The number of halogens is 1. The molecule has 4 aromatic rings. The van der Waals surface area contributed by atoms with Crippen molar-refractivity contribution in [3.05, 3.63) is 107 Å². The predicted octanol–water partition coefficient (Wildman–Crippen LogP) is 6.31. The number of carbonyl (C=O) groups excluding carboxylic acids is 2. The van der Waals surface area contributed by atoms with Gasteiger partial charge in [0, 0.05) is 27.4 Å². The Morgan fingerprint density at radius 2 is 1.83 bits per heavy atom. The fourth-order valence-corrected chi connectivity index (χ4v) is 5.02. The minimum Gasteiger partial charge on any atom is -0.496 e. The highest BCUT2D eigenvalue weighted by molar-refractivity contribution is 7.99. The SMILES string of the molecule is COc1cc(Cl)ccc1C(=O)Nc1ccc(C(=O)N2Cc3ccccc3Sc3ncccc32)cc1. The fraction of sp³-hybridized carbons (Fsp3) is 0.0741. The van der Waals surface area contributed by atoms with Crippen molar-refractivity contribution in [3.63, 3.8) is 0 Å². The summed E-state index contributed by atoms with van der Waals surface area (Å²) in [5.41, 5.74) is 3.26. The number of aromatic nitrogens is 1. The summed E-state index contributed by atoms with van der Waals surface area (Å²) in [4.78, 5) is 33.6. The molecule has 0 fully saturated rings. The lowest BCUT2D eigenvalue weighted by molar-refractivity contribution is 0.0983. The number of fused-ring (bicyclic) bond motifs is 2. The van der Waals surface area contributed by atoms with Gasteiger partial charge in [0.2, 0.25) is 0 Å². The highest BCUT2D eigenvalue weighted by Gasteiger charge is 2.26. The van der Waals surface area contributed by atoms with Gasteiger partial charge in [0.15, 0.2) is 0 Å². The highest BCUT2D eigenvalue weighted by atomic mass is 35.5. The number of anilines is 2. The van der Waals surface area contributed by atoms with Gasteiger partial charge in [0.05, 0.1) is 24.9 Å². The number of amides is 2. The van der Waals surface area contributed by atoms with Crippen LogP contribution in [0.4, 0.5) is 11.4 Å². The molecule has 35 heavy (non-hydrogen) atoms. The summed E-state index contributed by atoms with van der Waals surface area (Å²) in [6.45, 7) is 0.440. The van der Waals surface area contributed by atoms with Gasteiger partial charge in [-0.05, 0) is 66.2 Å². The molecule has 0 spiro atoms. The Labute approximate surface area is 211 Å². The summed E-state index contributed by atoms with van der Waals surface area (Å²) >= 11 is 7.55. The number of ether oxygens (including phenoxy) is 1.